The van der Waals surface area contributed by atoms with Crippen molar-refractivity contribution in [3.05, 3.63) is 29.8 Å². The molecule has 0 saturated carbocycles. The third kappa shape index (κ3) is 6.92. The van der Waals surface area contributed by atoms with E-state index in [1.807, 2.05) is 56.9 Å². The monoisotopic (exact) mass is 374 g/mol. The molecule has 0 aliphatic carbocycles. The Morgan fingerprint density at radius 2 is 1.93 bits per heavy atom. The van der Waals surface area contributed by atoms with Crippen molar-refractivity contribution in [1.82, 2.24) is 10.6 Å². The Bertz CT molecular complexity index is 677. The molecule has 1 amide bonds. The maximum atomic E-state index is 11.8. The van der Waals surface area contributed by atoms with Crippen molar-refractivity contribution < 1.29 is 14.3 Å². The number of nitrogens with one attached hydrogen (secondary N) is 2. The highest BCUT2D eigenvalue weighted by Crippen LogP contribution is 2.21. The summed E-state index contributed by atoms with van der Waals surface area (Å²) in [5.41, 5.74) is 1.45. The molecule has 2 N–H and O–H groups in total. The van der Waals surface area contributed by atoms with Gasteiger partial charge in [0.05, 0.1) is 6.54 Å². The molecule has 7 heteroatoms. The molecule has 1 aromatic carbocycles. The fourth-order valence-corrected chi connectivity index (χ4v) is 2.75. The lowest BCUT2D eigenvalue weighted by atomic mass is 10.2. The molecule has 1 aliphatic heterocycles. The highest BCUT2D eigenvalue weighted by atomic mass is 16.6. The average molecular weight is 374 g/mol. The standard InChI is InChI=1S/C20H30N4O3/c1-5-21-19(23-14-18(26)27-20(2,3)4)22-13-15-8-10-16(11-9-15)24-12-6-7-17(24)25/h8-11H,5-7,12-14H2,1-4H3,(H2,21,22,23). The summed E-state index contributed by atoms with van der Waals surface area (Å²) in [7, 11) is 0. The molecule has 1 fully saturated rings. The minimum Gasteiger partial charge on any atom is -0.459 e. The Morgan fingerprint density at radius 1 is 1.22 bits per heavy atom. The molecule has 0 radical (unpaired) electrons. The van der Waals surface area contributed by atoms with Crippen LogP contribution in [0.1, 0.15) is 46.1 Å². The topological polar surface area (TPSA) is 83.0 Å². The third-order valence-corrected chi connectivity index (χ3v) is 3.91. The molecule has 0 unspecified atom stereocenters. The van der Waals surface area contributed by atoms with E-state index in [4.69, 9.17) is 4.74 Å². The summed E-state index contributed by atoms with van der Waals surface area (Å²) in [6, 6.07) is 7.86. The van der Waals surface area contributed by atoms with Gasteiger partial charge in [0.2, 0.25) is 5.91 Å². The summed E-state index contributed by atoms with van der Waals surface area (Å²) in [6.07, 6.45) is 1.54. The van der Waals surface area contributed by atoms with Crippen LogP contribution in [0.3, 0.4) is 0 Å². The molecule has 1 aliphatic rings. The number of anilines is 1. The molecule has 1 heterocycles. The van der Waals surface area contributed by atoms with Crippen molar-refractivity contribution in [3.63, 3.8) is 0 Å². The largest absolute Gasteiger partial charge is 0.459 e. The van der Waals surface area contributed by atoms with E-state index in [2.05, 4.69) is 15.6 Å². The summed E-state index contributed by atoms with van der Waals surface area (Å²) in [5.74, 6) is 0.413. The van der Waals surface area contributed by atoms with Crippen LogP contribution >= 0.6 is 0 Å². The normalized spacial score (nSPS) is 15.0. The van der Waals surface area contributed by atoms with Crippen LogP contribution in [0.4, 0.5) is 5.69 Å². The van der Waals surface area contributed by atoms with E-state index in [1.165, 1.54) is 0 Å². The number of guanidine groups is 1. The quantitative estimate of drug-likeness (QED) is 0.453. The first-order valence-electron chi connectivity index (χ1n) is 9.42. The van der Waals surface area contributed by atoms with Crippen molar-refractivity contribution in [1.29, 1.82) is 0 Å². The van der Waals surface area contributed by atoms with Gasteiger partial charge in [-0.05, 0) is 51.8 Å². The zero-order valence-electron chi connectivity index (χ0n) is 16.7. The number of esters is 1. The summed E-state index contributed by atoms with van der Waals surface area (Å²) >= 11 is 0. The third-order valence-electron chi connectivity index (χ3n) is 3.91. The number of ether oxygens (including phenoxy) is 1. The zero-order chi connectivity index (χ0) is 19.9. The highest BCUT2D eigenvalue weighted by Gasteiger charge is 2.21. The summed E-state index contributed by atoms with van der Waals surface area (Å²) in [5, 5.41) is 6.10. The van der Waals surface area contributed by atoms with Gasteiger partial charge >= 0.3 is 5.97 Å². The molecular formula is C20H30N4O3. The molecule has 0 aromatic heterocycles. The Balaban J connectivity index is 1.91. The van der Waals surface area contributed by atoms with Crippen LogP contribution in [0.25, 0.3) is 0 Å². The first-order chi connectivity index (χ1) is 12.8. The lowest BCUT2D eigenvalue weighted by Gasteiger charge is -2.20. The van der Waals surface area contributed by atoms with E-state index >= 15 is 0 Å². The fourth-order valence-electron chi connectivity index (χ4n) is 2.75. The van der Waals surface area contributed by atoms with Crippen LogP contribution in [-0.2, 0) is 20.9 Å². The minimum absolute atomic E-state index is 0.0547. The molecule has 148 valence electrons. The fraction of sp³-hybridized carbons (Fsp3) is 0.550. The van der Waals surface area contributed by atoms with Gasteiger partial charge in [0, 0.05) is 25.2 Å². The number of rotatable bonds is 6. The van der Waals surface area contributed by atoms with E-state index in [0.29, 0.717) is 25.5 Å². The number of carbonyl (C=O) groups is 2. The predicted molar refractivity (Wildman–Crippen MR) is 107 cm³/mol. The highest BCUT2D eigenvalue weighted by molar-refractivity contribution is 5.95. The number of hydrogen-bond donors (Lipinski definition) is 2. The Morgan fingerprint density at radius 3 is 2.48 bits per heavy atom. The van der Waals surface area contributed by atoms with Crippen molar-refractivity contribution in [2.45, 2.75) is 52.7 Å². The lowest BCUT2D eigenvalue weighted by molar-refractivity contribution is -0.153. The van der Waals surface area contributed by atoms with Gasteiger partial charge in [0.15, 0.2) is 5.96 Å². The van der Waals surface area contributed by atoms with Crippen molar-refractivity contribution in [2.75, 3.05) is 24.5 Å². The van der Waals surface area contributed by atoms with Gasteiger partial charge in [-0.25, -0.2) is 4.99 Å². The molecule has 0 bridgehead atoms. The maximum absolute atomic E-state index is 11.8. The lowest BCUT2D eigenvalue weighted by Crippen LogP contribution is -2.41. The van der Waals surface area contributed by atoms with Gasteiger partial charge in [-0.2, -0.15) is 0 Å². The van der Waals surface area contributed by atoms with Gasteiger partial charge in [0.25, 0.3) is 0 Å². The molecule has 2 rings (SSSR count). The second-order valence-corrected chi connectivity index (χ2v) is 7.45. The average Bonchev–Trinajstić information content (AvgIpc) is 3.02. The number of hydrogen-bond acceptors (Lipinski definition) is 4. The number of benzene rings is 1. The van der Waals surface area contributed by atoms with Crippen LogP contribution in [0.2, 0.25) is 0 Å². The van der Waals surface area contributed by atoms with Gasteiger partial charge in [0.1, 0.15) is 12.1 Å². The minimum atomic E-state index is -0.507. The van der Waals surface area contributed by atoms with Crippen molar-refractivity contribution >= 4 is 23.5 Å². The first kappa shape index (κ1) is 20.7. The maximum Gasteiger partial charge on any atom is 0.325 e. The zero-order valence-corrected chi connectivity index (χ0v) is 16.7. The smallest absolute Gasteiger partial charge is 0.325 e. The van der Waals surface area contributed by atoms with Gasteiger partial charge in [-0.1, -0.05) is 12.1 Å². The summed E-state index contributed by atoms with van der Waals surface area (Å²) < 4.78 is 5.28. The van der Waals surface area contributed by atoms with Gasteiger partial charge < -0.3 is 20.3 Å². The number of amides is 1. The van der Waals surface area contributed by atoms with Crippen LogP contribution in [0, 0.1) is 0 Å². The van der Waals surface area contributed by atoms with E-state index in [-0.39, 0.29) is 18.4 Å². The Hall–Kier alpha value is -2.57. The Kier molecular flexibility index (Phi) is 7.21. The second-order valence-electron chi connectivity index (χ2n) is 7.45. The van der Waals surface area contributed by atoms with E-state index in [1.54, 1.807) is 0 Å². The van der Waals surface area contributed by atoms with Crippen LogP contribution in [-0.4, -0.2) is 43.1 Å². The second kappa shape index (κ2) is 9.39. The number of nitrogens with zero attached hydrogens (tertiary/aromatic N) is 2. The van der Waals surface area contributed by atoms with E-state index < -0.39 is 5.60 Å². The molecule has 0 spiro atoms. The van der Waals surface area contributed by atoms with Crippen LogP contribution in [0.5, 0.6) is 0 Å². The number of carbonyl (C=O) groups excluding carboxylic acids is 2. The molecular weight excluding hydrogens is 344 g/mol. The van der Waals surface area contributed by atoms with Gasteiger partial charge in [-0.3, -0.25) is 9.59 Å². The van der Waals surface area contributed by atoms with E-state index in [0.717, 1.165) is 24.2 Å². The summed E-state index contributed by atoms with van der Waals surface area (Å²) in [6.45, 7) is 9.48. The van der Waals surface area contributed by atoms with Gasteiger partial charge in [-0.15, -0.1) is 0 Å². The molecule has 1 aromatic rings. The molecule has 1 saturated heterocycles. The predicted octanol–water partition coefficient (Wildman–Crippen LogP) is 2.21. The summed E-state index contributed by atoms with van der Waals surface area (Å²) in [4.78, 5) is 30.0. The SMILES string of the molecule is CCNC(=NCc1ccc(N2CCCC2=O)cc1)NCC(=O)OC(C)(C)C. The van der Waals surface area contributed by atoms with Crippen LogP contribution < -0.4 is 15.5 Å². The van der Waals surface area contributed by atoms with Crippen molar-refractivity contribution in [2.24, 2.45) is 4.99 Å². The Labute approximate surface area is 161 Å². The van der Waals surface area contributed by atoms with Crippen LogP contribution in [0.15, 0.2) is 29.3 Å². The van der Waals surface area contributed by atoms with Crippen molar-refractivity contribution in [3.8, 4) is 0 Å². The molecule has 0 atom stereocenters. The molecule has 27 heavy (non-hydrogen) atoms. The number of aliphatic imine (C=N–C) groups is 1. The first-order valence-corrected chi connectivity index (χ1v) is 9.42. The molecule has 7 nitrogen and oxygen atoms in total. The van der Waals surface area contributed by atoms with E-state index in [9.17, 15) is 9.59 Å².